The van der Waals surface area contributed by atoms with E-state index in [1.54, 1.807) is 0 Å². The number of methoxy groups -OCH3 is 1. The summed E-state index contributed by atoms with van der Waals surface area (Å²) < 4.78 is 5.49. The van der Waals surface area contributed by atoms with E-state index in [0.29, 0.717) is 5.41 Å². The summed E-state index contributed by atoms with van der Waals surface area (Å²) in [5.41, 5.74) is 1.69. The number of nitrogens with one attached hydrogen (secondary N) is 1. The van der Waals surface area contributed by atoms with Crippen molar-refractivity contribution in [1.29, 1.82) is 0 Å². The summed E-state index contributed by atoms with van der Waals surface area (Å²) in [4.78, 5) is 6.51. The molecule has 2 rings (SSSR count). The van der Waals surface area contributed by atoms with Crippen molar-refractivity contribution in [2.75, 3.05) is 46.9 Å². The molecule has 2 heterocycles. The summed E-state index contributed by atoms with van der Waals surface area (Å²) in [6.07, 6.45) is 7.24. The molecule has 1 N–H and O–H groups in total. The first-order valence-corrected chi connectivity index (χ1v) is 7.51. The smallest absolute Gasteiger partial charge is 0.0531 e. The van der Waals surface area contributed by atoms with Crippen LogP contribution < -0.4 is 5.32 Å². The Kier molecular flexibility index (Phi) is 5.95. The minimum atomic E-state index is 0.326. The Labute approximate surface area is 122 Å². The zero-order valence-corrected chi connectivity index (χ0v) is 12.8. The van der Waals surface area contributed by atoms with Crippen LogP contribution in [0.25, 0.3) is 0 Å². The van der Waals surface area contributed by atoms with Gasteiger partial charge in [0, 0.05) is 38.0 Å². The number of rotatable bonds is 7. The first-order valence-electron chi connectivity index (χ1n) is 7.51. The molecule has 1 aromatic rings. The summed E-state index contributed by atoms with van der Waals surface area (Å²) in [6, 6.07) is 4.20. The number of piperidine rings is 1. The highest BCUT2D eigenvalue weighted by Crippen LogP contribution is 2.29. The zero-order chi connectivity index (χ0) is 14.3. The van der Waals surface area contributed by atoms with Gasteiger partial charge in [-0.15, -0.1) is 0 Å². The van der Waals surface area contributed by atoms with Crippen molar-refractivity contribution in [1.82, 2.24) is 15.2 Å². The maximum Gasteiger partial charge on any atom is 0.0531 e. The van der Waals surface area contributed by atoms with Crippen molar-refractivity contribution in [3.05, 3.63) is 30.1 Å². The van der Waals surface area contributed by atoms with Crippen LogP contribution in [0, 0.1) is 5.41 Å². The molecule has 0 radical (unpaired) electrons. The highest BCUT2D eigenvalue weighted by atomic mass is 16.5. The highest BCUT2D eigenvalue weighted by Gasteiger charge is 2.33. The second-order valence-corrected chi connectivity index (χ2v) is 6.03. The maximum atomic E-state index is 5.49. The van der Waals surface area contributed by atoms with Crippen LogP contribution in [0.1, 0.15) is 18.4 Å². The van der Waals surface area contributed by atoms with Crippen LogP contribution in [0.3, 0.4) is 0 Å². The van der Waals surface area contributed by atoms with Crippen molar-refractivity contribution in [3.8, 4) is 0 Å². The van der Waals surface area contributed by atoms with Crippen molar-refractivity contribution < 1.29 is 4.74 Å². The quantitative estimate of drug-likeness (QED) is 0.821. The van der Waals surface area contributed by atoms with Gasteiger partial charge in [0.2, 0.25) is 0 Å². The average molecular weight is 277 g/mol. The lowest BCUT2D eigenvalue weighted by atomic mass is 9.79. The molecule has 0 saturated carbocycles. The normalized spacial score (nSPS) is 18.4. The molecule has 1 aliphatic rings. The van der Waals surface area contributed by atoms with Gasteiger partial charge in [-0.2, -0.15) is 0 Å². The average Bonchev–Trinajstić information content (AvgIpc) is 2.47. The SMILES string of the molecule is COCC1(CN(C)CCc2ccncc2)CCNCC1. The van der Waals surface area contributed by atoms with Crippen LogP contribution in [0.4, 0.5) is 0 Å². The third-order valence-electron chi connectivity index (χ3n) is 4.25. The fraction of sp³-hybridized carbons (Fsp3) is 0.688. The van der Waals surface area contributed by atoms with Gasteiger partial charge in [-0.25, -0.2) is 0 Å². The molecule has 4 heteroatoms. The molecule has 1 saturated heterocycles. The molecule has 0 aromatic carbocycles. The van der Waals surface area contributed by atoms with E-state index in [2.05, 4.69) is 34.4 Å². The predicted molar refractivity (Wildman–Crippen MR) is 81.9 cm³/mol. The molecule has 0 atom stereocenters. The van der Waals surface area contributed by atoms with E-state index in [1.165, 1.54) is 18.4 Å². The molecule has 20 heavy (non-hydrogen) atoms. The lowest BCUT2D eigenvalue weighted by molar-refractivity contribution is 0.0288. The Morgan fingerprint density at radius 1 is 1.30 bits per heavy atom. The Morgan fingerprint density at radius 2 is 2.00 bits per heavy atom. The van der Waals surface area contributed by atoms with Gasteiger partial charge in [-0.3, -0.25) is 4.98 Å². The molecule has 0 aliphatic carbocycles. The van der Waals surface area contributed by atoms with Gasteiger partial charge in [0.1, 0.15) is 0 Å². The van der Waals surface area contributed by atoms with Gasteiger partial charge >= 0.3 is 0 Å². The van der Waals surface area contributed by atoms with Crippen LogP contribution in [0.5, 0.6) is 0 Å². The van der Waals surface area contributed by atoms with Crippen molar-refractivity contribution in [2.45, 2.75) is 19.3 Å². The molecule has 112 valence electrons. The molecule has 1 aromatic heterocycles. The van der Waals surface area contributed by atoms with Gasteiger partial charge in [-0.05, 0) is 57.1 Å². The topological polar surface area (TPSA) is 37.4 Å². The molecule has 0 bridgehead atoms. The standard InChI is InChI=1S/C16H27N3O/c1-19(12-5-15-3-8-17-9-4-15)13-16(14-20-2)6-10-18-11-7-16/h3-4,8-9,18H,5-7,10-14H2,1-2H3. The fourth-order valence-electron chi connectivity index (χ4n) is 3.13. The highest BCUT2D eigenvalue weighted by molar-refractivity contribution is 5.09. The molecular weight excluding hydrogens is 250 g/mol. The Morgan fingerprint density at radius 3 is 2.65 bits per heavy atom. The van der Waals surface area contributed by atoms with Crippen LogP contribution >= 0.6 is 0 Å². The van der Waals surface area contributed by atoms with Gasteiger partial charge in [0.25, 0.3) is 0 Å². The third-order valence-corrected chi connectivity index (χ3v) is 4.25. The lowest BCUT2D eigenvalue weighted by Crippen LogP contribution is -2.46. The van der Waals surface area contributed by atoms with E-state index in [-0.39, 0.29) is 0 Å². The summed E-state index contributed by atoms with van der Waals surface area (Å²) in [7, 11) is 4.04. The predicted octanol–water partition coefficient (Wildman–Crippen LogP) is 1.57. The first kappa shape index (κ1) is 15.4. The summed E-state index contributed by atoms with van der Waals surface area (Å²) >= 11 is 0. The van der Waals surface area contributed by atoms with E-state index in [0.717, 1.165) is 39.2 Å². The zero-order valence-electron chi connectivity index (χ0n) is 12.8. The molecule has 4 nitrogen and oxygen atoms in total. The Balaban J connectivity index is 1.83. The number of aromatic nitrogens is 1. The van der Waals surface area contributed by atoms with Gasteiger partial charge in [0.15, 0.2) is 0 Å². The Hall–Kier alpha value is -0.970. The van der Waals surface area contributed by atoms with Crippen molar-refractivity contribution in [3.63, 3.8) is 0 Å². The van der Waals surface area contributed by atoms with Crippen LogP contribution in [0.15, 0.2) is 24.5 Å². The third kappa shape index (κ3) is 4.54. The number of pyridine rings is 1. The number of ether oxygens (including phenoxy) is 1. The lowest BCUT2D eigenvalue weighted by Gasteiger charge is -2.40. The number of hydrogen-bond acceptors (Lipinski definition) is 4. The van der Waals surface area contributed by atoms with E-state index in [9.17, 15) is 0 Å². The van der Waals surface area contributed by atoms with E-state index in [4.69, 9.17) is 4.74 Å². The van der Waals surface area contributed by atoms with Crippen molar-refractivity contribution >= 4 is 0 Å². The van der Waals surface area contributed by atoms with Crippen LogP contribution in [-0.4, -0.2) is 56.8 Å². The van der Waals surface area contributed by atoms with E-state index < -0.39 is 0 Å². The molecular formula is C16H27N3O. The van der Waals surface area contributed by atoms with Crippen molar-refractivity contribution in [2.24, 2.45) is 5.41 Å². The van der Waals surface area contributed by atoms with Crippen LogP contribution in [-0.2, 0) is 11.2 Å². The fourth-order valence-corrected chi connectivity index (χ4v) is 3.13. The maximum absolute atomic E-state index is 5.49. The molecule has 0 unspecified atom stereocenters. The number of likely N-dealkylation sites (N-methyl/N-ethyl adjacent to an activating group) is 1. The summed E-state index contributed by atoms with van der Waals surface area (Å²) in [6.45, 7) is 5.30. The molecule has 0 spiro atoms. The van der Waals surface area contributed by atoms with E-state index in [1.807, 2.05) is 19.5 Å². The second kappa shape index (κ2) is 7.72. The molecule has 0 amide bonds. The van der Waals surface area contributed by atoms with Gasteiger partial charge < -0.3 is 15.0 Å². The minimum Gasteiger partial charge on any atom is -0.384 e. The first-order chi connectivity index (χ1) is 9.74. The monoisotopic (exact) mass is 277 g/mol. The molecule has 1 fully saturated rings. The van der Waals surface area contributed by atoms with Gasteiger partial charge in [-0.1, -0.05) is 0 Å². The molecule has 1 aliphatic heterocycles. The minimum absolute atomic E-state index is 0.326. The van der Waals surface area contributed by atoms with Crippen LogP contribution in [0.2, 0.25) is 0 Å². The number of hydrogen-bond donors (Lipinski definition) is 1. The second-order valence-electron chi connectivity index (χ2n) is 6.03. The van der Waals surface area contributed by atoms with Gasteiger partial charge in [0.05, 0.1) is 6.61 Å². The largest absolute Gasteiger partial charge is 0.384 e. The summed E-state index contributed by atoms with van der Waals surface area (Å²) in [5.74, 6) is 0. The summed E-state index contributed by atoms with van der Waals surface area (Å²) in [5, 5.41) is 3.45. The Bertz CT molecular complexity index is 371. The van der Waals surface area contributed by atoms with E-state index >= 15 is 0 Å². The number of nitrogens with zero attached hydrogens (tertiary/aromatic N) is 2.